The van der Waals surface area contributed by atoms with Crippen LogP contribution in [-0.4, -0.2) is 25.2 Å². The number of amides is 1. The van der Waals surface area contributed by atoms with Gasteiger partial charge in [0.25, 0.3) is 0 Å². The van der Waals surface area contributed by atoms with Gasteiger partial charge in [0.15, 0.2) is 0 Å². The Kier molecular flexibility index (Phi) is 4.84. The quantitative estimate of drug-likeness (QED) is 0.723. The fraction of sp³-hybridized carbons (Fsp3) is 0.929. The predicted molar refractivity (Wildman–Crippen MR) is 67.7 cm³/mol. The number of nitrogens with one attached hydrogen (secondary N) is 1. The molecule has 0 aliphatic heterocycles. The van der Waals surface area contributed by atoms with E-state index in [4.69, 9.17) is 4.74 Å². The molecule has 3 heteroatoms. The van der Waals surface area contributed by atoms with Crippen LogP contribution in [-0.2, 0) is 9.53 Å². The zero-order chi connectivity index (χ0) is 12.1. The SMILES string of the molecule is CC1CC1C(=O)NCCCOC1CCCCC1. The summed E-state index contributed by atoms with van der Waals surface area (Å²) in [5.41, 5.74) is 0. The molecule has 2 atom stereocenters. The van der Waals surface area contributed by atoms with E-state index < -0.39 is 0 Å². The number of carbonyl (C=O) groups is 1. The van der Waals surface area contributed by atoms with Crippen LogP contribution in [0.25, 0.3) is 0 Å². The van der Waals surface area contributed by atoms with Gasteiger partial charge in [0.2, 0.25) is 5.91 Å². The molecule has 0 aromatic heterocycles. The van der Waals surface area contributed by atoms with Gasteiger partial charge in [-0.15, -0.1) is 0 Å². The van der Waals surface area contributed by atoms with Crippen LogP contribution >= 0.6 is 0 Å². The van der Waals surface area contributed by atoms with Crippen molar-refractivity contribution in [3.63, 3.8) is 0 Å². The minimum absolute atomic E-state index is 0.246. The van der Waals surface area contributed by atoms with Gasteiger partial charge in [-0.3, -0.25) is 4.79 Å². The number of hydrogen-bond acceptors (Lipinski definition) is 2. The molecule has 2 saturated carbocycles. The van der Waals surface area contributed by atoms with E-state index in [0.717, 1.165) is 26.0 Å². The molecule has 0 aromatic rings. The predicted octanol–water partition coefficient (Wildman–Crippen LogP) is 2.50. The second-order valence-corrected chi connectivity index (χ2v) is 5.59. The summed E-state index contributed by atoms with van der Waals surface area (Å²) in [5.74, 6) is 1.15. The van der Waals surface area contributed by atoms with Crippen LogP contribution in [0.4, 0.5) is 0 Å². The number of hydrogen-bond donors (Lipinski definition) is 1. The highest BCUT2D eigenvalue weighted by atomic mass is 16.5. The van der Waals surface area contributed by atoms with Gasteiger partial charge < -0.3 is 10.1 Å². The molecule has 2 rings (SSSR count). The lowest BCUT2D eigenvalue weighted by Gasteiger charge is -2.21. The molecule has 0 aromatic carbocycles. The zero-order valence-electron chi connectivity index (χ0n) is 10.9. The van der Waals surface area contributed by atoms with Crippen LogP contribution < -0.4 is 5.32 Å². The van der Waals surface area contributed by atoms with Crippen LogP contribution in [0.2, 0.25) is 0 Å². The monoisotopic (exact) mass is 239 g/mol. The minimum atomic E-state index is 0.246. The first-order valence-corrected chi connectivity index (χ1v) is 7.16. The summed E-state index contributed by atoms with van der Waals surface area (Å²) in [6.45, 7) is 3.70. The molecule has 0 heterocycles. The van der Waals surface area contributed by atoms with Gasteiger partial charge in [0, 0.05) is 19.1 Å². The third-order valence-electron chi connectivity index (χ3n) is 3.97. The van der Waals surface area contributed by atoms with Crippen molar-refractivity contribution >= 4 is 5.91 Å². The van der Waals surface area contributed by atoms with Crippen molar-refractivity contribution in [2.24, 2.45) is 11.8 Å². The lowest BCUT2D eigenvalue weighted by molar-refractivity contribution is -0.122. The van der Waals surface area contributed by atoms with Crippen molar-refractivity contribution in [3.8, 4) is 0 Å². The lowest BCUT2D eigenvalue weighted by Crippen LogP contribution is -2.27. The molecule has 0 spiro atoms. The average molecular weight is 239 g/mol. The lowest BCUT2D eigenvalue weighted by atomic mass is 9.98. The Morgan fingerprint density at radius 1 is 1.29 bits per heavy atom. The van der Waals surface area contributed by atoms with E-state index in [-0.39, 0.29) is 5.91 Å². The summed E-state index contributed by atoms with van der Waals surface area (Å²) >= 11 is 0. The van der Waals surface area contributed by atoms with Crippen LogP contribution in [0.1, 0.15) is 51.9 Å². The Hall–Kier alpha value is -0.570. The van der Waals surface area contributed by atoms with Crippen molar-refractivity contribution in [2.45, 2.75) is 58.0 Å². The summed E-state index contributed by atoms with van der Waals surface area (Å²) < 4.78 is 5.81. The molecule has 0 bridgehead atoms. The molecular formula is C14H25NO2. The van der Waals surface area contributed by atoms with E-state index in [1.165, 1.54) is 32.1 Å². The van der Waals surface area contributed by atoms with Gasteiger partial charge in [-0.25, -0.2) is 0 Å². The van der Waals surface area contributed by atoms with Crippen LogP contribution in [0, 0.1) is 11.8 Å². The maximum atomic E-state index is 11.5. The highest BCUT2D eigenvalue weighted by molar-refractivity contribution is 5.81. The van der Waals surface area contributed by atoms with Gasteiger partial charge in [-0.05, 0) is 31.6 Å². The van der Waals surface area contributed by atoms with Crippen molar-refractivity contribution in [1.82, 2.24) is 5.32 Å². The number of ether oxygens (including phenoxy) is 1. The Labute approximate surface area is 104 Å². The topological polar surface area (TPSA) is 38.3 Å². The summed E-state index contributed by atoms with van der Waals surface area (Å²) in [6, 6.07) is 0. The molecule has 2 unspecified atom stereocenters. The first-order valence-electron chi connectivity index (χ1n) is 7.16. The Morgan fingerprint density at radius 3 is 2.65 bits per heavy atom. The number of rotatable bonds is 6. The van der Waals surface area contributed by atoms with Gasteiger partial charge >= 0.3 is 0 Å². The summed E-state index contributed by atoms with van der Waals surface area (Å²) in [5, 5.41) is 2.99. The normalized spacial score (nSPS) is 29.0. The van der Waals surface area contributed by atoms with Crippen molar-refractivity contribution in [2.75, 3.05) is 13.2 Å². The second kappa shape index (κ2) is 6.39. The van der Waals surface area contributed by atoms with Gasteiger partial charge in [-0.2, -0.15) is 0 Å². The number of carbonyl (C=O) groups excluding carboxylic acids is 1. The molecule has 2 aliphatic carbocycles. The average Bonchev–Trinajstić information content (AvgIpc) is 3.07. The molecular weight excluding hydrogens is 214 g/mol. The molecule has 2 aliphatic rings. The Balaban J connectivity index is 1.44. The Bertz CT molecular complexity index is 249. The zero-order valence-corrected chi connectivity index (χ0v) is 10.9. The first kappa shape index (κ1) is 12.9. The fourth-order valence-electron chi connectivity index (χ4n) is 2.58. The highest BCUT2D eigenvalue weighted by Gasteiger charge is 2.38. The maximum Gasteiger partial charge on any atom is 0.223 e. The van der Waals surface area contributed by atoms with Crippen LogP contribution in [0.15, 0.2) is 0 Å². The van der Waals surface area contributed by atoms with E-state index in [9.17, 15) is 4.79 Å². The molecule has 98 valence electrons. The molecule has 0 radical (unpaired) electrons. The third-order valence-corrected chi connectivity index (χ3v) is 3.97. The van der Waals surface area contributed by atoms with E-state index in [0.29, 0.717) is 17.9 Å². The molecule has 0 saturated heterocycles. The maximum absolute atomic E-state index is 11.5. The molecule has 1 amide bonds. The second-order valence-electron chi connectivity index (χ2n) is 5.59. The van der Waals surface area contributed by atoms with Crippen molar-refractivity contribution in [1.29, 1.82) is 0 Å². The van der Waals surface area contributed by atoms with Crippen molar-refractivity contribution in [3.05, 3.63) is 0 Å². The largest absolute Gasteiger partial charge is 0.378 e. The standard InChI is InChI=1S/C14H25NO2/c1-11-10-13(11)14(16)15-8-5-9-17-12-6-3-2-4-7-12/h11-13H,2-10H2,1H3,(H,15,16). The summed E-state index contributed by atoms with van der Waals surface area (Å²) in [6.07, 6.45) is 8.98. The molecule has 3 nitrogen and oxygen atoms in total. The van der Waals surface area contributed by atoms with Crippen molar-refractivity contribution < 1.29 is 9.53 Å². The third kappa shape index (κ3) is 4.30. The molecule has 2 fully saturated rings. The smallest absolute Gasteiger partial charge is 0.223 e. The molecule has 1 N–H and O–H groups in total. The van der Waals surface area contributed by atoms with Crippen LogP contribution in [0.3, 0.4) is 0 Å². The first-order chi connectivity index (χ1) is 8.27. The van der Waals surface area contributed by atoms with E-state index >= 15 is 0 Å². The van der Waals surface area contributed by atoms with Gasteiger partial charge in [0.05, 0.1) is 6.10 Å². The van der Waals surface area contributed by atoms with Crippen LogP contribution in [0.5, 0.6) is 0 Å². The minimum Gasteiger partial charge on any atom is -0.378 e. The Morgan fingerprint density at radius 2 is 2.00 bits per heavy atom. The van der Waals surface area contributed by atoms with Gasteiger partial charge in [-0.1, -0.05) is 26.2 Å². The van der Waals surface area contributed by atoms with Gasteiger partial charge in [0.1, 0.15) is 0 Å². The highest BCUT2D eigenvalue weighted by Crippen LogP contribution is 2.37. The fourth-order valence-corrected chi connectivity index (χ4v) is 2.58. The summed E-state index contributed by atoms with van der Waals surface area (Å²) in [7, 11) is 0. The van der Waals surface area contributed by atoms with E-state index in [2.05, 4.69) is 12.2 Å². The van der Waals surface area contributed by atoms with E-state index in [1.807, 2.05) is 0 Å². The molecule has 17 heavy (non-hydrogen) atoms. The summed E-state index contributed by atoms with van der Waals surface area (Å²) in [4.78, 5) is 11.5. The van der Waals surface area contributed by atoms with E-state index in [1.54, 1.807) is 0 Å².